The van der Waals surface area contributed by atoms with Crippen molar-refractivity contribution >= 4 is 54.0 Å². The molecule has 0 aliphatic carbocycles. The van der Waals surface area contributed by atoms with Crippen LogP contribution in [0.1, 0.15) is 17.2 Å². The summed E-state index contributed by atoms with van der Waals surface area (Å²) in [6.45, 7) is 0. The summed E-state index contributed by atoms with van der Waals surface area (Å²) in [6.07, 6.45) is 2.85. The number of hydrogen-bond acceptors (Lipinski definition) is 3. The fourth-order valence-corrected chi connectivity index (χ4v) is 4.95. The quantitative estimate of drug-likeness (QED) is 0.665. The summed E-state index contributed by atoms with van der Waals surface area (Å²) in [5.74, 6) is 0. The Morgan fingerprint density at radius 3 is 2.63 bits per heavy atom. The number of pyridine rings is 1. The molecule has 0 spiro atoms. The third-order valence-electron chi connectivity index (χ3n) is 2.97. The summed E-state index contributed by atoms with van der Waals surface area (Å²) in [4.78, 5) is 4.21. The number of thiophene rings is 1. The monoisotopic (exact) mass is 397 g/mol. The largest absolute Gasteiger partial charge is 0.384 e. The standard InChI is InChI=1S/C14H9Br2NOS/c15-12-5-10(14(16)19-12)13(18)11-7-17-6-8-3-1-2-4-9(8)11/h1-7,13,18H. The molecular formula is C14H9Br2NOS. The van der Waals surface area contributed by atoms with Crippen molar-refractivity contribution in [2.75, 3.05) is 0 Å². The summed E-state index contributed by atoms with van der Waals surface area (Å²) in [5.41, 5.74) is 1.68. The molecular weight excluding hydrogens is 390 g/mol. The first-order valence-corrected chi connectivity index (χ1v) is 8.02. The highest BCUT2D eigenvalue weighted by Gasteiger charge is 2.18. The maximum Gasteiger partial charge on any atom is 0.108 e. The van der Waals surface area contributed by atoms with Crippen molar-refractivity contribution in [3.63, 3.8) is 0 Å². The molecule has 0 bridgehead atoms. The average Bonchev–Trinajstić information content (AvgIpc) is 2.76. The van der Waals surface area contributed by atoms with Gasteiger partial charge in [-0.2, -0.15) is 0 Å². The molecule has 1 atom stereocenters. The number of aliphatic hydroxyl groups excluding tert-OH is 1. The first-order chi connectivity index (χ1) is 9.16. The van der Waals surface area contributed by atoms with Gasteiger partial charge in [-0.1, -0.05) is 24.3 Å². The molecule has 1 unspecified atom stereocenters. The lowest BCUT2D eigenvalue weighted by Crippen LogP contribution is -2.00. The Kier molecular flexibility index (Phi) is 3.71. The predicted molar refractivity (Wildman–Crippen MR) is 85.5 cm³/mol. The van der Waals surface area contributed by atoms with Crippen LogP contribution in [0.25, 0.3) is 10.8 Å². The minimum Gasteiger partial charge on any atom is -0.384 e. The molecule has 0 amide bonds. The summed E-state index contributed by atoms with van der Waals surface area (Å²) in [7, 11) is 0. The van der Waals surface area contributed by atoms with E-state index in [2.05, 4.69) is 36.8 Å². The van der Waals surface area contributed by atoms with Gasteiger partial charge < -0.3 is 5.11 Å². The van der Waals surface area contributed by atoms with Crippen LogP contribution >= 0.6 is 43.2 Å². The van der Waals surface area contributed by atoms with Crippen LogP contribution in [-0.4, -0.2) is 10.1 Å². The number of hydrogen-bond donors (Lipinski definition) is 1. The highest BCUT2D eigenvalue weighted by atomic mass is 79.9. The maximum absolute atomic E-state index is 10.6. The van der Waals surface area contributed by atoms with Crippen molar-refractivity contribution < 1.29 is 5.11 Å². The number of aliphatic hydroxyl groups is 1. The first-order valence-electron chi connectivity index (χ1n) is 5.62. The molecule has 2 nitrogen and oxygen atoms in total. The van der Waals surface area contributed by atoms with E-state index in [-0.39, 0.29) is 0 Å². The van der Waals surface area contributed by atoms with Crippen molar-refractivity contribution in [2.24, 2.45) is 0 Å². The van der Waals surface area contributed by atoms with E-state index >= 15 is 0 Å². The van der Waals surface area contributed by atoms with Crippen LogP contribution in [0.2, 0.25) is 0 Å². The third kappa shape index (κ3) is 2.48. The minimum absolute atomic E-state index is 0.685. The fourth-order valence-electron chi connectivity index (χ4n) is 2.06. The van der Waals surface area contributed by atoms with Gasteiger partial charge in [0.1, 0.15) is 6.10 Å². The fraction of sp³-hybridized carbons (Fsp3) is 0.0714. The van der Waals surface area contributed by atoms with Crippen molar-refractivity contribution in [1.29, 1.82) is 0 Å². The summed E-state index contributed by atoms with van der Waals surface area (Å²) in [5, 5.41) is 12.7. The van der Waals surface area contributed by atoms with E-state index in [4.69, 9.17) is 0 Å². The molecule has 2 heterocycles. The number of nitrogens with zero attached hydrogens (tertiary/aromatic N) is 1. The highest BCUT2D eigenvalue weighted by Crippen LogP contribution is 2.39. The molecule has 1 N–H and O–H groups in total. The molecule has 0 fully saturated rings. The van der Waals surface area contributed by atoms with Gasteiger partial charge in [-0.3, -0.25) is 4.98 Å². The molecule has 0 saturated heterocycles. The molecule has 2 aromatic heterocycles. The van der Waals surface area contributed by atoms with Gasteiger partial charge >= 0.3 is 0 Å². The Labute approximate surface area is 131 Å². The van der Waals surface area contributed by atoms with E-state index in [9.17, 15) is 5.11 Å². The second-order valence-electron chi connectivity index (χ2n) is 4.13. The van der Waals surface area contributed by atoms with Crippen molar-refractivity contribution in [2.45, 2.75) is 6.10 Å². The van der Waals surface area contributed by atoms with E-state index in [0.717, 1.165) is 29.5 Å². The van der Waals surface area contributed by atoms with Crippen LogP contribution < -0.4 is 0 Å². The molecule has 96 valence electrons. The van der Waals surface area contributed by atoms with Crippen molar-refractivity contribution in [3.8, 4) is 0 Å². The lowest BCUT2D eigenvalue weighted by atomic mass is 10.0. The Morgan fingerprint density at radius 1 is 1.11 bits per heavy atom. The molecule has 3 aromatic rings. The summed E-state index contributed by atoms with van der Waals surface area (Å²) in [6, 6.07) is 9.87. The zero-order valence-corrected chi connectivity index (χ0v) is 13.7. The average molecular weight is 399 g/mol. The van der Waals surface area contributed by atoms with Crippen molar-refractivity contribution in [1.82, 2.24) is 4.98 Å². The first kappa shape index (κ1) is 13.2. The van der Waals surface area contributed by atoms with Gasteiger partial charge in [0.05, 0.1) is 7.57 Å². The minimum atomic E-state index is -0.685. The smallest absolute Gasteiger partial charge is 0.108 e. The maximum atomic E-state index is 10.6. The van der Waals surface area contributed by atoms with Crippen LogP contribution in [0.4, 0.5) is 0 Å². The topological polar surface area (TPSA) is 33.1 Å². The van der Waals surface area contributed by atoms with Crippen LogP contribution in [0.3, 0.4) is 0 Å². The van der Waals surface area contributed by atoms with Crippen molar-refractivity contribution in [3.05, 3.63) is 61.4 Å². The van der Waals surface area contributed by atoms with Gasteiger partial charge in [0.15, 0.2) is 0 Å². The number of benzene rings is 1. The third-order valence-corrected chi connectivity index (χ3v) is 5.36. The Bertz CT molecular complexity index is 736. The Morgan fingerprint density at radius 2 is 1.89 bits per heavy atom. The van der Waals surface area contributed by atoms with Crippen LogP contribution in [0.15, 0.2) is 50.3 Å². The molecule has 1 aromatic carbocycles. The van der Waals surface area contributed by atoms with E-state index < -0.39 is 6.10 Å². The SMILES string of the molecule is OC(c1cc(Br)sc1Br)c1cncc2ccccc12. The van der Waals surface area contributed by atoms with Crippen LogP contribution in [0, 0.1) is 0 Å². The second kappa shape index (κ2) is 5.32. The number of aromatic nitrogens is 1. The zero-order valence-electron chi connectivity index (χ0n) is 9.68. The lowest BCUT2D eigenvalue weighted by Gasteiger charge is -2.12. The number of fused-ring (bicyclic) bond motifs is 1. The Hall–Kier alpha value is -0.750. The van der Waals surface area contributed by atoms with Crippen LogP contribution in [-0.2, 0) is 0 Å². The molecule has 3 rings (SSSR count). The second-order valence-corrected chi connectivity index (χ2v) is 7.88. The summed E-state index contributed by atoms with van der Waals surface area (Å²) < 4.78 is 1.92. The zero-order chi connectivity index (χ0) is 13.4. The lowest BCUT2D eigenvalue weighted by molar-refractivity contribution is 0.221. The van der Waals surface area contributed by atoms with Gasteiger partial charge in [-0.15, -0.1) is 11.3 Å². The predicted octanol–water partition coefficient (Wildman–Crippen LogP) is 4.90. The summed E-state index contributed by atoms with van der Waals surface area (Å²) >= 11 is 8.47. The Balaban J connectivity index is 2.16. The molecule has 5 heteroatoms. The molecule has 0 aliphatic rings. The van der Waals surface area contributed by atoms with E-state index in [1.165, 1.54) is 0 Å². The molecule has 0 radical (unpaired) electrons. The van der Waals surface area contributed by atoms with E-state index in [1.54, 1.807) is 17.5 Å². The normalized spacial score (nSPS) is 12.8. The van der Waals surface area contributed by atoms with Gasteiger partial charge in [-0.05, 0) is 43.3 Å². The molecule has 0 aliphatic heterocycles. The number of rotatable bonds is 2. The van der Waals surface area contributed by atoms with Gasteiger partial charge in [-0.25, -0.2) is 0 Å². The van der Waals surface area contributed by atoms with Gasteiger partial charge in [0.2, 0.25) is 0 Å². The number of halogens is 2. The molecule has 19 heavy (non-hydrogen) atoms. The highest BCUT2D eigenvalue weighted by molar-refractivity contribution is 9.12. The van der Waals surface area contributed by atoms with Gasteiger partial charge in [0.25, 0.3) is 0 Å². The van der Waals surface area contributed by atoms with Gasteiger partial charge in [0, 0.05) is 28.9 Å². The van der Waals surface area contributed by atoms with Crippen LogP contribution in [0.5, 0.6) is 0 Å². The van der Waals surface area contributed by atoms with E-state index in [1.807, 2.05) is 36.5 Å². The molecule has 0 saturated carbocycles. The van der Waals surface area contributed by atoms with E-state index in [0.29, 0.717) is 0 Å².